The molecule has 0 amide bonds. The molecule has 0 saturated heterocycles. The van der Waals surface area contributed by atoms with Crippen LogP contribution in [0.25, 0.3) is 10.9 Å². The number of fused-ring (bicyclic) bond motifs is 1. The number of methoxy groups -OCH3 is 1. The second-order valence-corrected chi connectivity index (χ2v) is 4.11. The van der Waals surface area contributed by atoms with E-state index in [1.54, 1.807) is 0 Å². The first kappa shape index (κ1) is 14.3. The minimum atomic E-state index is -4.65. The summed E-state index contributed by atoms with van der Waals surface area (Å²) in [5.74, 6) is 4.38. The predicted molar refractivity (Wildman–Crippen MR) is 65.8 cm³/mol. The van der Waals surface area contributed by atoms with E-state index in [2.05, 4.69) is 10.4 Å². The van der Waals surface area contributed by atoms with Crippen molar-refractivity contribution in [1.29, 1.82) is 0 Å². The zero-order chi connectivity index (χ0) is 15.1. The van der Waals surface area contributed by atoms with Gasteiger partial charge in [0.1, 0.15) is 5.69 Å². The molecular weight excluding hydrogens is 278 g/mol. The van der Waals surface area contributed by atoms with E-state index < -0.39 is 17.7 Å². The van der Waals surface area contributed by atoms with Crippen LogP contribution in [0.4, 0.5) is 23.2 Å². The van der Waals surface area contributed by atoms with Gasteiger partial charge in [-0.05, 0) is 13.0 Å². The summed E-state index contributed by atoms with van der Waals surface area (Å²) in [5.41, 5.74) is 0.799. The van der Waals surface area contributed by atoms with E-state index >= 15 is 0 Å². The van der Waals surface area contributed by atoms with Crippen LogP contribution >= 0.6 is 0 Å². The summed E-state index contributed by atoms with van der Waals surface area (Å²) in [6.45, 7) is 1.24. The topological polar surface area (TPSA) is 60.2 Å². The van der Waals surface area contributed by atoms with Gasteiger partial charge in [-0.2, -0.15) is 13.2 Å². The Morgan fingerprint density at radius 1 is 1.30 bits per heavy atom. The van der Waals surface area contributed by atoms with Crippen LogP contribution in [0, 0.1) is 12.7 Å². The summed E-state index contributed by atoms with van der Waals surface area (Å²) in [4.78, 5) is 3.47. The van der Waals surface area contributed by atoms with Crippen LogP contribution < -0.4 is 16.0 Å². The third-order valence-corrected chi connectivity index (χ3v) is 2.91. The van der Waals surface area contributed by atoms with Crippen LogP contribution in [-0.4, -0.2) is 12.1 Å². The zero-order valence-electron chi connectivity index (χ0n) is 10.6. The van der Waals surface area contributed by atoms with Crippen molar-refractivity contribution in [3.05, 3.63) is 29.2 Å². The van der Waals surface area contributed by atoms with Crippen LogP contribution in [0.2, 0.25) is 0 Å². The Morgan fingerprint density at radius 2 is 1.95 bits per heavy atom. The highest BCUT2D eigenvalue weighted by molar-refractivity contribution is 5.94. The molecule has 0 fully saturated rings. The monoisotopic (exact) mass is 289 g/mol. The molecule has 2 aromatic rings. The number of nitrogens with two attached hydrogens (primary N) is 1. The van der Waals surface area contributed by atoms with E-state index in [0.717, 1.165) is 6.07 Å². The van der Waals surface area contributed by atoms with Crippen molar-refractivity contribution in [3.63, 3.8) is 0 Å². The molecule has 0 spiro atoms. The van der Waals surface area contributed by atoms with Crippen LogP contribution in [0.5, 0.6) is 5.75 Å². The summed E-state index contributed by atoms with van der Waals surface area (Å²) in [7, 11) is 1.25. The SMILES string of the molecule is COc1cc2c(NN)c(C)c(C(F)(F)F)nc2cc1F. The summed E-state index contributed by atoms with van der Waals surface area (Å²) < 4.78 is 57.1. The number of rotatable bonds is 2. The van der Waals surface area contributed by atoms with Crippen molar-refractivity contribution >= 4 is 16.6 Å². The minimum absolute atomic E-state index is 0.0284. The minimum Gasteiger partial charge on any atom is -0.494 e. The summed E-state index contributed by atoms with van der Waals surface area (Å²) in [5, 5.41) is 0.247. The fraction of sp³-hybridized carbons (Fsp3) is 0.250. The lowest BCUT2D eigenvalue weighted by Crippen LogP contribution is -2.16. The van der Waals surface area contributed by atoms with Gasteiger partial charge in [-0.15, -0.1) is 0 Å². The molecule has 0 unspecified atom stereocenters. The first-order valence-electron chi connectivity index (χ1n) is 5.51. The number of nitrogen functional groups attached to an aromatic ring is 1. The fourth-order valence-corrected chi connectivity index (χ4v) is 1.98. The number of pyridine rings is 1. The third-order valence-electron chi connectivity index (χ3n) is 2.91. The van der Waals surface area contributed by atoms with E-state index in [4.69, 9.17) is 10.6 Å². The van der Waals surface area contributed by atoms with Gasteiger partial charge in [-0.25, -0.2) is 9.37 Å². The molecule has 2 rings (SSSR count). The Kier molecular flexibility index (Phi) is 3.43. The molecule has 0 aliphatic carbocycles. The Morgan fingerprint density at radius 3 is 2.45 bits per heavy atom. The van der Waals surface area contributed by atoms with E-state index in [0.29, 0.717) is 0 Å². The maximum absolute atomic E-state index is 13.6. The van der Waals surface area contributed by atoms with Gasteiger partial charge in [-0.3, -0.25) is 5.84 Å². The number of ether oxygens (including phenoxy) is 1. The number of anilines is 1. The van der Waals surface area contributed by atoms with E-state index in [1.807, 2.05) is 0 Å². The number of hydrazine groups is 1. The molecule has 0 radical (unpaired) electrons. The van der Waals surface area contributed by atoms with Gasteiger partial charge in [0.15, 0.2) is 11.6 Å². The molecule has 0 saturated carbocycles. The molecule has 0 atom stereocenters. The lowest BCUT2D eigenvalue weighted by Gasteiger charge is -2.16. The van der Waals surface area contributed by atoms with Gasteiger partial charge < -0.3 is 10.2 Å². The highest BCUT2D eigenvalue weighted by atomic mass is 19.4. The Balaban J connectivity index is 2.88. The first-order chi connectivity index (χ1) is 9.29. The van der Waals surface area contributed by atoms with Gasteiger partial charge in [0.2, 0.25) is 0 Å². The van der Waals surface area contributed by atoms with E-state index in [1.165, 1.54) is 20.1 Å². The van der Waals surface area contributed by atoms with Gasteiger partial charge in [0.25, 0.3) is 0 Å². The Bertz CT molecular complexity index is 670. The second-order valence-electron chi connectivity index (χ2n) is 4.11. The van der Waals surface area contributed by atoms with Gasteiger partial charge >= 0.3 is 6.18 Å². The van der Waals surface area contributed by atoms with Crippen LogP contribution in [0.3, 0.4) is 0 Å². The molecule has 1 aromatic carbocycles. The average molecular weight is 289 g/mol. The Labute approximate surface area is 111 Å². The fourth-order valence-electron chi connectivity index (χ4n) is 1.98. The maximum atomic E-state index is 13.6. The number of halogens is 4. The molecule has 0 bridgehead atoms. The third kappa shape index (κ3) is 2.22. The molecule has 20 heavy (non-hydrogen) atoms. The largest absolute Gasteiger partial charge is 0.494 e. The normalized spacial score (nSPS) is 11.8. The quantitative estimate of drug-likeness (QED) is 0.507. The van der Waals surface area contributed by atoms with Crippen LogP contribution in [-0.2, 0) is 6.18 Å². The van der Waals surface area contributed by atoms with E-state index in [9.17, 15) is 17.6 Å². The average Bonchev–Trinajstić information content (AvgIpc) is 2.36. The number of aromatic nitrogens is 1. The second kappa shape index (κ2) is 4.78. The molecule has 3 N–H and O–H groups in total. The number of hydrogen-bond acceptors (Lipinski definition) is 4. The van der Waals surface area contributed by atoms with Crippen LogP contribution in [0.15, 0.2) is 12.1 Å². The zero-order valence-corrected chi connectivity index (χ0v) is 10.6. The number of nitrogens with one attached hydrogen (secondary N) is 1. The van der Waals surface area contributed by atoms with Crippen molar-refractivity contribution in [2.24, 2.45) is 5.84 Å². The van der Waals surface area contributed by atoms with Crippen molar-refractivity contribution in [2.75, 3.05) is 12.5 Å². The standard InChI is InChI=1S/C12H11F4N3O/c1-5-10(19-17)6-3-9(20-2)7(13)4-8(6)18-11(5)12(14,15)16/h3-4H,17H2,1-2H3,(H,18,19). The van der Waals surface area contributed by atoms with Crippen molar-refractivity contribution in [2.45, 2.75) is 13.1 Å². The summed E-state index contributed by atoms with van der Waals surface area (Å²) >= 11 is 0. The van der Waals surface area contributed by atoms with Gasteiger partial charge in [0.05, 0.1) is 18.3 Å². The van der Waals surface area contributed by atoms with Crippen molar-refractivity contribution in [3.8, 4) is 5.75 Å². The molecular formula is C12H11F4N3O. The molecule has 108 valence electrons. The lowest BCUT2D eigenvalue weighted by atomic mass is 10.1. The predicted octanol–water partition coefficient (Wildman–Crippen LogP) is 3.00. The number of nitrogens with zero attached hydrogens (tertiary/aromatic N) is 1. The molecule has 1 heterocycles. The molecule has 0 aliphatic rings. The van der Waals surface area contributed by atoms with Crippen LogP contribution in [0.1, 0.15) is 11.3 Å². The molecule has 8 heteroatoms. The summed E-state index contributed by atoms with van der Waals surface area (Å²) in [6.07, 6.45) is -4.65. The highest BCUT2D eigenvalue weighted by Crippen LogP contribution is 2.38. The Hall–Kier alpha value is -2.09. The maximum Gasteiger partial charge on any atom is 0.433 e. The molecule has 4 nitrogen and oxygen atoms in total. The number of benzene rings is 1. The van der Waals surface area contributed by atoms with E-state index in [-0.39, 0.29) is 27.9 Å². The summed E-state index contributed by atoms with van der Waals surface area (Å²) in [6, 6.07) is 2.13. The number of alkyl halides is 3. The first-order valence-corrected chi connectivity index (χ1v) is 5.51. The number of hydrogen-bond donors (Lipinski definition) is 2. The van der Waals surface area contributed by atoms with Crippen molar-refractivity contribution < 1.29 is 22.3 Å². The lowest BCUT2D eigenvalue weighted by molar-refractivity contribution is -0.141. The van der Waals surface area contributed by atoms with Crippen molar-refractivity contribution in [1.82, 2.24) is 4.98 Å². The molecule has 1 aromatic heterocycles. The van der Waals surface area contributed by atoms with Gasteiger partial charge in [-0.1, -0.05) is 0 Å². The molecule has 0 aliphatic heterocycles. The smallest absolute Gasteiger partial charge is 0.433 e. The highest BCUT2D eigenvalue weighted by Gasteiger charge is 2.36. The van der Waals surface area contributed by atoms with Gasteiger partial charge in [0, 0.05) is 17.0 Å².